The average molecular weight is 453 g/mol. The molecule has 162 valence electrons. The van der Waals surface area contributed by atoms with Crippen LogP contribution in [0.2, 0.25) is 0 Å². The van der Waals surface area contributed by atoms with Gasteiger partial charge in [-0.05, 0) is 61.8 Å². The second-order valence-electron chi connectivity index (χ2n) is 8.59. The van der Waals surface area contributed by atoms with E-state index >= 15 is 0 Å². The fourth-order valence-corrected chi connectivity index (χ4v) is 8.98. The standard InChI is InChI=1S/C33H25P/c1-4-16-28(17-5-1)34(29-18-6-2-7-19-29,30-20-8-3-9-21-30)25-33-31-22-12-10-14-26(31)24-27-15-11-13-23-32(27)33/h1-25H. The predicted octanol–water partition coefficient (Wildman–Crippen LogP) is 7.14. The first-order chi connectivity index (χ1) is 16.9. The van der Waals surface area contributed by atoms with Gasteiger partial charge in [-0.1, -0.05) is 140 Å². The number of benzene rings is 6. The van der Waals surface area contributed by atoms with Crippen LogP contribution in [0.25, 0.3) is 21.5 Å². The van der Waals surface area contributed by atoms with Crippen molar-refractivity contribution in [3.8, 4) is 0 Å². The number of rotatable bonds is 4. The van der Waals surface area contributed by atoms with Crippen molar-refractivity contribution in [2.24, 2.45) is 0 Å². The molecule has 0 radical (unpaired) electrons. The van der Waals surface area contributed by atoms with E-state index in [2.05, 4.69) is 151 Å². The molecule has 0 N–H and O–H groups in total. The van der Waals surface area contributed by atoms with Crippen LogP contribution in [-0.2, 0) is 0 Å². The molecular weight excluding hydrogens is 427 g/mol. The third-order valence-electron chi connectivity index (χ3n) is 6.63. The van der Waals surface area contributed by atoms with Crippen molar-refractivity contribution in [1.29, 1.82) is 0 Å². The minimum atomic E-state index is -2.11. The van der Waals surface area contributed by atoms with E-state index in [1.165, 1.54) is 43.0 Å². The fourth-order valence-electron chi connectivity index (χ4n) is 5.04. The minimum absolute atomic E-state index is 1.28. The van der Waals surface area contributed by atoms with Gasteiger partial charge < -0.3 is 0 Å². The lowest BCUT2D eigenvalue weighted by Gasteiger charge is -2.29. The number of fused-ring (bicyclic) bond motifs is 2. The summed E-state index contributed by atoms with van der Waals surface area (Å²) in [7, 11) is 0. The molecule has 0 nitrogen and oxygen atoms in total. The zero-order valence-electron chi connectivity index (χ0n) is 18.9. The van der Waals surface area contributed by atoms with Gasteiger partial charge in [0.15, 0.2) is 0 Å². The van der Waals surface area contributed by atoms with Gasteiger partial charge in [-0.3, -0.25) is 0 Å². The van der Waals surface area contributed by atoms with Crippen molar-refractivity contribution in [3.63, 3.8) is 0 Å². The Bertz CT molecular complexity index is 1470. The summed E-state index contributed by atoms with van der Waals surface area (Å²) in [4.78, 5) is 0. The van der Waals surface area contributed by atoms with Crippen LogP contribution < -0.4 is 15.9 Å². The van der Waals surface area contributed by atoms with Gasteiger partial charge >= 0.3 is 0 Å². The van der Waals surface area contributed by atoms with Crippen LogP contribution in [0.3, 0.4) is 0 Å². The lowest BCUT2D eigenvalue weighted by molar-refractivity contribution is 1.73. The molecule has 0 bridgehead atoms. The third-order valence-corrected chi connectivity index (χ3v) is 10.6. The van der Waals surface area contributed by atoms with Gasteiger partial charge in [-0.2, -0.15) is 0 Å². The highest BCUT2D eigenvalue weighted by atomic mass is 31.2. The Labute approximate surface area is 201 Å². The lowest BCUT2D eigenvalue weighted by Crippen LogP contribution is -2.27. The van der Waals surface area contributed by atoms with E-state index < -0.39 is 6.89 Å². The summed E-state index contributed by atoms with van der Waals surface area (Å²) in [5, 5.41) is 9.25. The Balaban J connectivity index is 1.86. The van der Waals surface area contributed by atoms with Gasteiger partial charge in [0.1, 0.15) is 0 Å². The largest absolute Gasteiger partial charge is 0.0622 e. The normalized spacial score (nSPS) is 11.5. The Kier molecular flexibility index (Phi) is 5.38. The first kappa shape index (κ1) is 20.7. The van der Waals surface area contributed by atoms with E-state index in [0.717, 1.165) is 0 Å². The van der Waals surface area contributed by atoms with Gasteiger partial charge in [0, 0.05) is 0 Å². The highest BCUT2D eigenvalue weighted by Gasteiger charge is 2.25. The summed E-state index contributed by atoms with van der Waals surface area (Å²) in [5.74, 6) is 2.61. The summed E-state index contributed by atoms with van der Waals surface area (Å²) < 4.78 is 0. The van der Waals surface area contributed by atoms with Gasteiger partial charge in [-0.25, -0.2) is 0 Å². The molecular formula is C33H25P. The summed E-state index contributed by atoms with van der Waals surface area (Å²) in [6, 6.07) is 53.1. The molecule has 0 heterocycles. The van der Waals surface area contributed by atoms with Gasteiger partial charge in [-0.15, -0.1) is 0 Å². The number of hydrogen-bond acceptors (Lipinski definition) is 0. The third kappa shape index (κ3) is 3.48. The molecule has 0 aliphatic rings. The van der Waals surface area contributed by atoms with Crippen LogP contribution in [0.5, 0.6) is 0 Å². The Morgan fingerprint density at radius 1 is 0.382 bits per heavy atom. The van der Waals surface area contributed by atoms with Gasteiger partial charge in [0.25, 0.3) is 0 Å². The van der Waals surface area contributed by atoms with Gasteiger partial charge in [0.05, 0.1) is 0 Å². The van der Waals surface area contributed by atoms with Crippen molar-refractivity contribution >= 4 is 50.1 Å². The van der Waals surface area contributed by atoms with E-state index in [4.69, 9.17) is 0 Å². The van der Waals surface area contributed by atoms with Gasteiger partial charge in [0.2, 0.25) is 0 Å². The fraction of sp³-hybridized carbons (Fsp3) is 0. The first-order valence-electron chi connectivity index (χ1n) is 11.7. The second-order valence-corrected chi connectivity index (χ2v) is 11.8. The highest BCUT2D eigenvalue weighted by Crippen LogP contribution is 2.45. The molecule has 0 aliphatic heterocycles. The van der Waals surface area contributed by atoms with Crippen molar-refractivity contribution in [3.05, 3.63) is 151 Å². The molecule has 34 heavy (non-hydrogen) atoms. The molecule has 6 aromatic rings. The molecule has 1 heteroatoms. The van der Waals surface area contributed by atoms with Crippen LogP contribution in [0.4, 0.5) is 0 Å². The van der Waals surface area contributed by atoms with E-state index in [0.29, 0.717) is 0 Å². The smallest absolute Gasteiger partial charge is 0.00887 e. The minimum Gasteiger partial charge on any atom is -0.0622 e. The first-order valence-corrected chi connectivity index (χ1v) is 13.5. The maximum Gasteiger partial charge on any atom is -0.00887 e. The molecule has 0 aliphatic carbocycles. The molecule has 0 spiro atoms. The molecule has 0 fully saturated rings. The van der Waals surface area contributed by atoms with Crippen molar-refractivity contribution < 1.29 is 0 Å². The van der Waals surface area contributed by atoms with Crippen molar-refractivity contribution in [2.45, 2.75) is 0 Å². The highest BCUT2D eigenvalue weighted by molar-refractivity contribution is 7.94. The van der Waals surface area contributed by atoms with Crippen LogP contribution in [0.15, 0.2) is 146 Å². The van der Waals surface area contributed by atoms with Crippen LogP contribution >= 0.6 is 6.89 Å². The Morgan fingerprint density at radius 3 is 1.15 bits per heavy atom. The zero-order chi connectivity index (χ0) is 22.8. The van der Waals surface area contributed by atoms with E-state index in [-0.39, 0.29) is 0 Å². The van der Waals surface area contributed by atoms with Crippen LogP contribution in [0.1, 0.15) is 5.56 Å². The summed E-state index contributed by atoms with van der Waals surface area (Å²) in [6.07, 6.45) is 0. The molecule has 0 unspecified atom stereocenters. The molecule has 6 rings (SSSR count). The Hall–Kier alpha value is -3.86. The summed E-state index contributed by atoms with van der Waals surface area (Å²) in [6.45, 7) is -2.11. The predicted molar refractivity (Wildman–Crippen MR) is 152 cm³/mol. The summed E-state index contributed by atoms with van der Waals surface area (Å²) in [5.41, 5.74) is 1.32. The lowest BCUT2D eigenvalue weighted by atomic mass is 9.98. The van der Waals surface area contributed by atoms with Crippen molar-refractivity contribution in [2.75, 3.05) is 0 Å². The Morgan fingerprint density at radius 2 is 0.735 bits per heavy atom. The monoisotopic (exact) mass is 452 g/mol. The molecule has 0 aromatic heterocycles. The van der Waals surface area contributed by atoms with Crippen molar-refractivity contribution in [1.82, 2.24) is 0 Å². The van der Waals surface area contributed by atoms with Crippen LogP contribution in [0, 0.1) is 0 Å². The summed E-state index contributed by atoms with van der Waals surface area (Å²) >= 11 is 0. The molecule has 0 saturated carbocycles. The average Bonchev–Trinajstić information content (AvgIpc) is 2.93. The SMILES string of the molecule is C(c1c2ccccc2cc2ccccc12)=P(c1ccccc1)(c1ccccc1)c1ccccc1. The maximum absolute atomic E-state index is 2.61. The molecule has 0 atom stereocenters. The second kappa shape index (κ2) is 8.82. The number of hydrogen-bond donors (Lipinski definition) is 0. The topological polar surface area (TPSA) is 0 Å². The maximum atomic E-state index is 2.61. The van der Waals surface area contributed by atoms with Crippen LogP contribution in [-0.4, -0.2) is 5.80 Å². The van der Waals surface area contributed by atoms with E-state index in [1.807, 2.05) is 0 Å². The van der Waals surface area contributed by atoms with E-state index in [9.17, 15) is 0 Å². The molecule has 6 aromatic carbocycles. The molecule has 0 saturated heterocycles. The van der Waals surface area contributed by atoms with E-state index in [1.54, 1.807) is 0 Å². The zero-order valence-corrected chi connectivity index (χ0v) is 19.8. The quantitative estimate of drug-likeness (QED) is 0.197. The molecule has 0 amide bonds.